The van der Waals surface area contributed by atoms with Crippen LogP contribution in [0.15, 0.2) is 29.8 Å². The molecule has 1 saturated heterocycles. The summed E-state index contributed by atoms with van der Waals surface area (Å²) in [5.74, 6) is -0.0357. The fourth-order valence-corrected chi connectivity index (χ4v) is 2.25. The summed E-state index contributed by atoms with van der Waals surface area (Å²) in [6.07, 6.45) is 2.06. The van der Waals surface area contributed by atoms with E-state index in [4.69, 9.17) is 11.6 Å². The van der Waals surface area contributed by atoms with Crippen LogP contribution in [0.1, 0.15) is 18.9 Å². The van der Waals surface area contributed by atoms with Crippen molar-refractivity contribution < 1.29 is 9.90 Å². The molecule has 2 rings (SSSR count). The highest BCUT2D eigenvalue weighted by Gasteiger charge is 2.25. The van der Waals surface area contributed by atoms with Crippen molar-refractivity contribution in [3.05, 3.63) is 40.4 Å². The van der Waals surface area contributed by atoms with E-state index in [9.17, 15) is 9.90 Å². The molecular weight excluding hydrogens is 250 g/mol. The third kappa shape index (κ3) is 2.92. The molecular formula is C14H16ClNO2. The zero-order valence-electron chi connectivity index (χ0n) is 10.3. The molecule has 0 radical (unpaired) electrons. The number of β-amino-alcohol motifs (C(OH)–C–C–N with tert-alkyl or cyclic N) is 1. The number of rotatable bonds is 2. The third-order valence-electron chi connectivity index (χ3n) is 3.07. The summed E-state index contributed by atoms with van der Waals surface area (Å²) in [4.78, 5) is 13.8. The van der Waals surface area contributed by atoms with E-state index >= 15 is 0 Å². The summed E-state index contributed by atoms with van der Waals surface area (Å²) in [5.41, 5.74) is 1.47. The Labute approximate surface area is 112 Å². The first-order valence-corrected chi connectivity index (χ1v) is 6.36. The van der Waals surface area contributed by atoms with Crippen molar-refractivity contribution in [2.75, 3.05) is 13.1 Å². The molecule has 3 nitrogen and oxygen atoms in total. The molecule has 1 aliphatic heterocycles. The van der Waals surface area contributed by atoms with Crippen LogP contribution in [0.3, 0.4) is 0 Å². The van der Waals surface area contributed by atoms with Crippen molar-refractivity contribution in [3.8, 4) is 0 Å². The van der Waals surface area contributed by atoms with Crippen LogP contribution in [0, 0.1) is 0 Å². The van der Waals surface area contributed by atoms with Gasteiger partial charge >= 0.3 is 0 Å². The Kier molecular flexibility index (Phi) is 4.04. The van der Waals surface area contributed by atoms with Crippen molar-refractivity contribution in [1.82, 2.24) is 4.90 Å². The van der Waals surface area contributed by atoms with Gasteiger partial charge < -0.3 is 10.0 Å². The average molecular weight is 266 g/mol. The molecule has 0 bridgehead atoms. The molecule has 18 heavy (non-hydrogen) atoms. The second-order valence-corrected chi connectivity index (χ2v) is 4.95. The number of carbonyl (C=O) groups excluding carboxylic acids is 1. The minimum absolute atomic E-state index is 0.0357. The molecule has 0 unspecified atom stereocenters. The fourth-order valence-electron chi connectivity index (χ4n) is 2.06. The molecule has 1 aliphatic rings. The van der Waals surface area contributed by atoms with Gasteiger partial charge in [-0.05, 0) is 31.1 Å². The van der Waals surface area contributed by atoms with E-state index in [0.717, 1.165) is 5.56 Å². The standard InChI is InChI=1S/C14H16ClNO2/c1-10(8-11-4-2-3-5-13(11)15)14(18)16-7-6-12(17)9-16/h2-5,8,12,17H,6-7,9H2,1H3/b10-8-/t12-/m1/s1. The lowest BCUT2D eigenvalue weighted by Crippen LogP contribution is -2.30. The number of nitrogens with zero attached hydrogens (tertiary/aromatic N) is 1. The highest BCUT2D eigenvalue weighted by molar-refractivity contribution is 6.32. The van der Waals surface area contributed by atoms with E-state index in [0.29, 0.717) is 30.1 Å². The Balaban J connectivity index is 2.14. The zero-order valence-corrected chi connectivity index (χ0v) is 11.0. The van der Waals surface area contributed by atoms with Crippen LogP contribution in [0.2, 0.25) is 5.02 Å². The van der Waals surface area contributed by atoms with Gasteiger partial charge in [-0.1, -0.05) is 29.8 Å². The van der Waals surface area contributed by atoms with Crippen molar-refractivity contribution in [3.63, 3.8) is 0 Å². The number of likely N-dealkylation sites (tertiary alicyclic amines) is 1. The summed E-state index contributed by atoms with van der Waals surface area (Å²) >= 11 is 6.05. The molecule has 1 atom stereocenters. The van der Waals surface area contributed by atoms with Gasteiger partial charge in [-0.2, -0.15) is 0 Å². The van der Waals surface area contributed by atoms with Gasteiger partial charge in [0.25, 0.3) is 0 Å². The number of aliphatic hydroxyl groups is 1. The molecule has 96 valence electrons. The van der Waals surface area contributed by atoms with Crippen molar-refractivity contribution in [2.45, 2.75) is 19.4 Å². The molecule has 0 saturated carbocycles. The van der Waals surface area contributed by atoms with Crippen LogP contribution in [0.25, 0.3) is 6.08 Å². The van der Waals surface area contributed by atoms with Crippen LogP contribution in [-0.4, -0.2) is 35.1 Å². The van der Waals surface area contributed by atoms with E-state index in [1.807, 2.05) is 18.2 Å². The molecule has 0 aromatic heterocycles. The van der Waals surface area contributed by atoms with Crippen LogP contribution < -0.4 is 0 Å². The zero-order chi connectivity index (χ0) is 13.1. The van der Waals surface area contributed by atoms with E-state index in [1.165, 1.54) is 0 Å². The maximum absolute atomic E-state index is 12.1. The average Bonchev–Trinajstić information content (AvgIpc) is 2.78. The van der Waals surface area contributed by atoms with E-state index in [1.54, 1.807) is 24.0 Å². The number of hydrogen-bond acceptors (Lipinski definition) is 2. The van der Waals surface area contributed by atoms with Gasteiger partial charge in [0.05, 0.1) is 6.10 Å². The third-order valence-corrected chi connectivity index (χ3v) is 3.41. The monoisotopic (exact) mass is 265 g/mol. The normalized spacial score (nSPS) is 20.3. The summed E-state index contributed by atoms with van der Waals surface area (Å²) < 4.78 is 0. The van der Waals surface area contributed by atoms with Gasteiger partial charge in [-0.25, -0.2) is 0 Å². The first kappa shape index (κ1) is 13.1. The molecule has 4 heteroatoms. The molecule has 0 aliphatic carbocycles. The first-order valence-electron chi connectivity index (χ1n) is 5.98. The molecule has 1 aromatic carbocycles. The van der Waals surface area contributed by atoms with Crippen LogP contribution in [0.4, 0.5) is 0 Å². The van der Waals surface area contributed by atoms with Gasteiger partial charge in [0, 0.05) is 23.7 Å². The van der Waals surface area contributed by atoms with Crippen LogP contribution in [-0.2, 0) is 4.79 Å². The summed E-state index contributed by atoms with van der Waals surface area (Å²) in [5, 5.41) is 10.1. The lowest BCUT2D eigenvalue weighted by atomic mass is 10.1. The molecule has 1 N–H and O–H groups in total. The van der Waals surface area contributed by atoms with Gasteiger partial charge in [-0.3, -0.25) is 4.79 Å². The van der Waals surface area contributed by atoms with Gasteiger partial charge in [0.1, 0.15) is 0 Å². The molecule has 1 fully saturated rings. The quantitative estimate of drug-likeness (QED) is 0.834. The first-order chi connectivity index (χ1) is 8.58. The minimum Gasteiger partial charge on any atom is -0.391 e. The Hall–Kier alpha value is -1.32. The fraction of sp³-hybridized carbons (Fsp3) is 0.357. The largest absolute Gasteiger partial charge is 0.391 e. The second-order valence-electron chi connectivity index (χ2n) is 4.54. The van der Waals surface area contributed by atoms with E-state index < -0.39 is 0 Å². The predicted octanol–water partition coefficient (Wildman–Crippen LogP) is 2.34. The number of halogens is 1. The Morgan fingerprint density at radius 1 is 1.50 bits per heavy atom. The predicted molar refractivity (Wildman–Crippen MR) is 72.3 cm³/mol. The topological polar surface area (TPSA) is 40.5 Å². The highest BCUT2D eigenvalue weighted by atomic mass is 35.5. The maximum Gasteiger partial charge on any atom is 0.249 e. The number of amides is 1. The van der Waals surface area contributed by atoms with Crippen molar-refractivity contribution >= 4 is 23.6 Å². The molecule has 1 heterocycles. The molecule has 1 aromatic rings. The van der Waals surface area contributed by atoms with Gasteiger partial charge in [-0.15, -0.1) is 0 Å². The molecule has 0 spiro atoms. The number of carbonyl (C=O) groups is 1. The van der Waals surface area contributed by atoms with Crippen molar-refractivity contribution in [2.24, 2.45) is 0 Å². The summed E-state index contributed by atoms with van der Waals surface area (Å²) in [6, 6.07) is 7.41. The Morgan fingerprint density at radius 3 is 2.83 bits per heavy atom. The van der Waals surface area contributed by atoms with Gasteiger partial charge in [0.2, 0.25) is 5.91 Å². The maximum atomic E-state index is 12.1. The summed E-state index contributed by atoms with van der Waals surface area (Å²) in [6.45, 7) is 2.82. The highest BCUT2D eigenvalue weighted by Crippen LogP contribution is 2.20. The minimum atomic E-state index is -0.387. The van der Waals surface area contributed by atoms with E-state index in [-0.39, 0.29) is 12.0 Å². The lowest BCUT2D eigenvalue weighted by molar-refractivity contribution is -0.126. The SMILES string of the molecule is C/C(=C/c1ccccc1Cl)C(=O)N1CC[C@@H](O)C1. The van der Waals surface area contributed by atoms with E-state index in [2.05, 4.69) is 0 Å². The number of aliphatic hydroxyl groups excluding tert-OH is 1. The number of hydrogen-bond donors (Lipinski definition) is 1. The second kappa shape index (κ2) is 5.55. The van der Waals surface area contributed by atoms with Crippen LogP contribution in [0.5, 0.6) is 0 Å². The van der Waals surface area contributed by atoms with Crippen molar-refractivity contribution in [1.29, 1.82) is 0 Å². The smallest absolute Gasteiger partial charge is 0.249 e. The van der Waals surface area contributed by atoms with Gasteiger partial charge in [0.15, 0.2) is 0 Å². The lowest BCUT2D eigenvalue weighted by Gasteiger charge is -2.15. The van der Waals surface area contributed by atoms with Crippen LogP contribution >= 0.6 is 11.6 Å². The Bertz CT molecular complexity index is 484. The number of benzene rings is 1. The Morgan fingerprint density at radius 2 is 2.22 bits per heavy atom. The molecule has 1 amide bonds. The summed E-state index contributed by atoms with van der Waals surface area (Å²) in [7, 11) is 0.